The average molecular weight is 333 g/mol. The van der Waals surface area contributed by atoms with E-state index in [1.165, 1.54) is 5.56 Å². The smallest absolute Gasteiger partial charge is 0.223 e. The lowest BCUT2D eigenvalue weighted by atomic mass is 10.0. The standard InChI is InChI=1S/C19H19N5O/c1-11(2)13-6-9-15-16(10-13)21-19(20)24-18(15)22-17(23-24)12-4-7-14(25-3)8-5-12/h4-11H,1-3H3,(H2,20,21). The fourth-order valence-electron chi connectivity index (χ4n) is 2.87. The lowest BCUT2D eigenvalue weighted by Crippen LogP contribution is -2.03. The first-order chi connectivity index (χ1) is 12.1. The van der Waals surface area contributed by atoms with Gasteiger partial charge in [0.15, 0.2) is 11.5 Å². The molecule has 0 fully saturated rings. The van der Waals surface area contributed by atoms with E-state index in [1.54, 1.807) is 11.6 Å². The number of anilines is 1. The van der Waals surface area contributed by atoms with Crippen LogP contribution >= 0.6 is 0 Å². The molecule has 0 saturated heterocycles. The first-order valence-electron chi connectivity index (χ1n) is 8.17. The third-order valence-electron chi connectivity index (χ3n) is 4.34. The van der Waals surface area contributed by atoms with Gasteiger partial charge in [-0.15, -0.1) is 5.10 Å². The number of methoxy groups -OCH3 is 1. The Morgan fingerprint density at radius 1 is 1.04 bits per heavy atom. The van der Waals surface area contributed by atoms with Crippen LogP contribution in [-0.4, -0.2) is 26.7 Å². The molecule has 126 valence electrons. The van der Waals surface area contributed by atoms with Crippen molar-refractivity contribution in [2.45, 2.75) is 19.8 Å². The molecule has 0 bridgehead atoms. The van der Waals surface area contributed by atoms with Crippen molar-refractivity contribution < 1.29 is 4.74 Å². The van der Waals surface area contributed by atoms with Gasteiger partial charge in [-0.1, -0.05) is 19.9 Å². The topological polar surface area (TPSA) is 78.3 Å². The van der Waals surface area contributed by atoms with Crippen molar-refractivity contribution in [1.82, 2.24) is 19.6 Å². The normalized spacial score (nSPS) is 11.5. The van der Waals surface area contributed by atoms with E-state index in [2.05, 4.69) is 36.1 Å². The summed E-state index contributed by atoms with van der Waals surface area (Å²) >= 11 is 0. The quantitative estimate of drug-likeness (QED) is 0.619. The number of benzene rings is 2. The highest BCUT2D eigenvalue weighted by atomic mass is 16.5. The molecular weight excluding hydrogens is 314 g/mol. The Labute approximate surface area is 145 Å². The van der Waals surface area contributed by atoms with Crippen LogP contribution < -0.4 is 10.5 Å². The fourth-order valence-corrected chi connectivity index (χ4v) is 2.87. The number of hydrogen-bond donors (Lipinski definition) is 1. The molecule has 2 heterocycles. The lowest BCUT2D eigenvalue weighted by molar-refractivity contribution is 0.415. The van der Waals surface area contributed by atoms with Crippen molar-refractivity contribution in [1.29, 1.82) is 0 Å². The van der Waals surface area contributed by atoms with Gasteiger partial charge in [0.2, 0.25) is 5.95 Å². The Morgan fingerprint density at radius 3 is 2.48 bits per heavy atom. The Hall–Kier alpha value is -3.15. The Balaban J connectivity index is 1.91. The summed E-state index contributed by atoms with van der Waals surface area (Å²) in [6.07, 6.45) is 0. The molecule has 0 amide bonds. The second-order valence-electron chi connectivity index (χ2n) is 6.30. The molecular formula is C19H19N5O. The molecule has 0 spiro atoms. The molecule has 0 radical (unpaired) electrons. The zero-order chi connectivity index (χ0) is 17.6. The lowest BCUT2D eigenvalue weighted by Gasteiger charge is -2.07. The van der Waals surface area contributed by atoms with Crippen LogP contribution in [0, 0.1) is 0 Å². The van der Waals surface area contributed by atoms with Gasteiger partial charge in [0, 0.05) is 10.9 Å². The van der Waals surface area contributed by atoms with Gasteiger partial charge in [0.1, 0.15) is 5.75 Å². The predicted molar refractivity (Wildman–Crippen MR) is 98.8 cm³/mol. The summed E-state index contributed by atoms with van der Waals surface area (Å²) in [6.45, 7) is 4.31. The van der Waals surface area contributed by atoms with Crippen LogP contribution in [0.25, 0.3) is 27.9 Å². The SMILES string of the molecule is COc1ccc(-c2nc3c4ccc(C(C)C)cc4nc(N)n3n2)cc1. The van der Waals surface area contributed by atoms with E-state index in [0.717, 1.165) is 22.2 Å². The van der Waals surface area contributed by atoms with E-state index < -0.39 is 0 Å². The summed E-state index contributed by atoms with van der Waals surface area (Å²) in [5, 5.41) is 5.46. The third kappa shape index (κ3) is 2.55. The minimum Gasteiger partial charge on any atom is -0.497 e. The van der Waals surface area contributed by atoms with E-state index in [0.29, 0.717) is 23.3 Å². The molecule has 4 rings (SSSR count). The minimum atomic E-state index is 0.329. The van der Waals surface area contributed by atoms with Crippen LogP contribution in [0.1, 0.15) is 25.3 Å². The van der Waals surface area contributed by atoms with Crippen LogP contribution in [0.3, 0.4) is 0 Å². The fraction of sp³-hybridized carbons (Fsp3) is 0.211. The molecule has 2 aromatic carbocycles. The molecule has 0 atom stereocenters. The molecule has 2 N–H and O–H groups in total. The largest absolute Gasteiger partial charge is 0.497 e. The molecule has 0 unspecified atom stereocenters. The zero-order valence-electron chi connectivity index (χ0n) is 14.4. The maximum atomic E-state index is 6.11. The second kappa shape index (κ2) is 5.73. The van der Waals surface area contributed by atoms with E-state index in [1.807, 2.05) is 30.3 Å². The van der Waals surface area contributed by atoms with Gasteiger partial charge in [-0.05, 0) is 47.9 Å². The number of fused-ring (bicyclic) bond motifs is 3. The summed E-state index contributed by atoms with van der Waals surface area (Å²) in [7, 11) is 1.64. The summed E-state index contributed by atoms with van der Waals surface area (Å²) in [6, 6.07) is 13.8. The van der Waals surface area contributed by atoms with E-state index in [4.69, 9.17) is 15.5 Å². The van der Waals surface area contributed by atoms with Crippen molar-refractivity contribution in [3.63, 3.8) is 0 Å². The third-order valence-corrected chi connectivity index (χ3v) is 4.34. The monoisotopic (exact) mass is 333 g/mol. The molecule has 6 nitrogen and oxygen atoms in total. The van der Waals surface area contributed by atoms with Gasteiger partial charge in [-0.25, -0.2) is 9.97 Å². The van der Waals surface area contributed by atoms with E-state index >= 15 is 0 Å². The van der Waals surface area contributed by atoms with Crippen LogP contribution in [0.15, 0.2) is 42.5 Å². The molecule has 4 aromatic rings. The molecule has 0 aliphatic rings. The van der Waals surface area contributed by atoms with E-state index in [9.17, 15) is 0 Å². The van der Waals surface area contributed by atoms with Gasteiger partial charge in [-0.2, -0.15) is 4.52 Å². The number of ether oxygens (including phenoxy) is 1. The first kappa shape index (κ1) is 15.4. The van der Waals surface area contributed by atoms with Crippen molar-refractivity contribution in [3.05, 3.63) is 48.0 Å². The summed E-state index contributed by atoms with van der Waals surface area (Å²) in [5.41, 5.74) is 9.78. The second-order valence-corrected chi connectivity index (χ2v) is 6.30. The van der Waals surface area contributed by atoms with Gasteiger partial charge in [-0.3, -0.25) is 0 Å². The van der Waals surface area contributed by atoms with Crippen LogP contribution in [0.4, 0.5) is 5.95 Å². The first-order valence-corrected chi connectivity index (χ1v) is 8.17. The molecule has 2 aromatic heterocycles. The highest BCUT2D eigenvalue weighted by Crippen LogP contribution is 2.26. The van der Waals surface area contributed by atoms with Crippen LogP contribution in [0.5, 0.6) is 5.75 Å². The van der Waals surface area contributed by atoms with E-state index in [-0.39, 0.29) is 0 Å². The molecule has 25 heavy (non-hydrogen) atoms. The Kier molecular flexibility index (Phi) is 3.53. The van der Waals surface area contributed by atoms with Crippen molar-refractivity contribution >= 4 is 22.5 Å². The molecule has 0 aliphatic carbocycles. The van der Waals surface area contributed by atoms with Crippen LogP contribution in [0.2, 0.25) is 0 Å². The summed E-state index contributed by atoms with van der Waals surface area (Å²) < 4.78 is 6.79. The summed E-state index contributed by atoms with van der Waals surface area (Å²) in [4.78, 5) is 9.19. The maximum absolute atomic E-state index is 6.11. The van der Waals surface area contributed by atoms with Crippen molar-refractivity contribution in [2.75, 3.05) is 12.8 Å². The number of rotatable bonds is 3. The maximum Gasteiger partial charge on any atom is 0.223 e. The zero-order valence-corrected chi connectivity index (χ0v) is 14.4. The number of nitrogens with zero attached hydrogens (tertiary/aromatic N) is 4. The predicted octanol–water partition coefficient (Wildman–Crippen LogP) is 3.66. The van der Waals surface area contributed by atoms with Gasteiger partial charge in [0.25, 0.3) is 0 Å². The number of nitrogen functional groups attached to an aromatic ring is 1. The Bertz CT molecular complexity index is 1070. The highest BCUT2D eigenvalue weighted by molar-refractivity contribution is 5.93. The van der Waals surface area contributed by atoms with Gasteiger partial charge >= 0.3 is 0 Å². The number of aromatic nitrogens is 4. The average Bonchev–Trinajstić information content (AvgIpc) is 3.07. The Morgan fingerprint density at radius 2 is 1.80 bits per heavy atom. The summed E-state index contributed by atoms with van der Waals surface area (Å²) in [5.74, 6) is 2.16. The number of hydrogen-bond acceptors (Lipinski definition) is 5. The minimum absolute atomic E-state index is 0.329. The van der Waals surface area contributed by atoms with Gasteiger partial charge < -0.3 is 10.5 Å². The van der Waals surface area contributed by atoms with Gasteiger partial charge in [0.05, 0.1) is 12.6 Å². The number of nitrogens with two attached hydrogens (primary N) is 1. The molecule has 6 heteroatoms. The molecule has 0 aliphatic heterocycles. The molecule has 0 saturated carbocycles. The highest BCUT2D eigenvalue weighted by Gasteiger charge is 2.14. The van der Waals surface area contributed by atoms with Crippen LogP contribution in [-0.2, 0) is 0 Å². The van der Waals surface area contributed by atoms with Crippen molar-refractivity contribution in [3.8, 4) is 17.1 Å². The van der Waals surface area contributed by atoms with Crippen molar-refractivity contribution in [2.24, 2.45) is 0 Å².